The molecular weight excluding hydrogens is 334 g/mol. The minimum atomic E-state index is -3.64. The van der Waals surface area contributed by atoms with Gasteiger partial charge in [0, 0.05) is 37.2 Å². The van der Waals surface area contributed by atoms with Crippen molar-refractivity contribution in [2.24, 2.45) is 0 Å². The number of sulfonamides is 1. The van der Waals surface area contributed by atoms with Crippen molar-refractivity contribution in [3.8, 4) is 0 Å². The number of carbonyl (C=O) groups is 1. The Labute approximate surface area is 121 Å². The number of nitrogen functional groups attached to an aromatic ring is 1. The van der Waals surface area contributed by atoms with E-state index in [1.165, 1.54) is 32.3 Å². The Balaban J connectivity index is 2.94. The maximum Gasteiger partial charge on any atom is 0.243 e. The Bertz CT molecular complexity index is 575. The van der Waals surface area contributed by atoms with Gasteiger partial charge < -0.3 is 11.1 Å². The van der Waals surface area contributed by atoms with Crippen LogP contribution in [0.5, 0.6) is 0 Å². The van der Waals surface area contributed by atoms with Crippen molar-refractivity contribution >= 4 is 37.5 Å². The first-order chi connectivity index (χ1) is 8.78. The van der Waals surface area contributed by atoms with Crippen molar-refractivity contribution in [1.82, 2.24) is 9.62 Å². The molecule has 1 rings (SSSR count). The number of carbonyl (C=O) groups excluding carboxylic acids is 1. The van der Waals surface area contributed by atoms with Crippen molar-refractivity contribution in [3.63, 3.8) is 0 Å². The summed E-state index contributed by atoms with van der Waals surface area (Å²) >= 11 is 3.18. The normalized spacial score (nSPS) is 11.6. The van der Waals surface area contributed by atoms with Crippen molar-refractivity contribution in [1.29, 1.82) is 0 Å². The summed E-state index contributed by atoms with van der Waals surface area (Å²) in [6.45, 7) is 0.110. The zero-order valence-electron chi connectivity index (χ0n) is 10.7. The standard InChI is InChI=1S/C11H16BrN3O3S/c1-14-11(16)5-6-15(2)19(17,18)10-4-3-8(13)7-9(10)12/h3-4,7H,5-6,13H2,1-2H3,(H,14,16). The molecule has 0 unspecified atom stereocenters. The lowest BCUT2D eigenvalue weighted by molar-refractivity contribution is -0.120. The fourth-order valence-electron chi connectivity index (χ4n) is 1.40. The second kappa shape index (κ2) is 6.36. The lowest BCUT2D eigenvalue weighted by Gasteiger charge is -2.17. The number of nitrogens with two attached hydrogens (primary N) is 1. The average molecular weight is 350 g/mol. The van der Waals surface area contributed by atoms with Gasteiger partial charge in [0.15, 0.2) is 0 Å². The molecule has 0 aromatic heterocycles. The zero-order valence-corrected chi connectivity index (χ0v) is 13.1. The van der Waals surface area contributed by atoms with E-state index in [4.69, 9.17) is 5.73 Å². The van der Waals surface area contributed by atoms with Gasteiger partial charge in [-0.25, -0.2) is 12.7 Å². The molecule has 8 heteroatoms. The Kier molecular flexibility index (Phi) is 5.33. The molecule has 0 aliphatic carbocycles. The molecule has 0 saturated heterocycles. The molecule has 1 amide bonds. The first-order valence-corrected chi connectivity index (χ1v) is 7.74. The van der Waals surface area contributed by atoms with Crippen LogP contribution in [0.3, 0.4) is 0 Å². The lowest BCUT2D eigenvalue weighted by Crippen LogP contribution is -2.31. The number of amides is 1. The van der Waals surface area contributed by atoms with Gasteiger partial charge >= 0.3 is 0 Å². The Morgan fingerprint density at radius 2 is 2.11 bits per heavy atom. The van der Waals surface area contributed by atoms with E-state index in [1.54, 1.807) is 0 Å². The molecule has 0 bridgehead atoms. The summed E-state index contributed by atoms with van der Waals surface area (Å²) in [6, 6.07) is 4.48. The molecule has 106 valence electrons. The number of nitrogens with zero attached hydrogens (tertiary/aromatic N) is 1. The van der Waals surface area contributed by atoms with E-state index in [9.17, 15) is 13.2 Å². The molecule has 6 nitrogen and oxygen atoms in total. The minimum absolute atomic E-state index is 0.110. The van der Waals surface area contributed by atoms with Crippen molar-refractivity contribution in [2.45, 2.75) is 11.3 Å². The third-order valence-electron chi connectivity index (χ3n) is 2.58. The highest BCUT2D eigenvalue weighted by molar-refractivity contribution is 9.10. The topological polar surface area (TPSA) is 92.5 Å². The van der Waals surface area contributed by atoms with Crippen LogP contribution >= 0.6 is 15.9 Å². The maximum atomic E-state index is 12.3. The summed E-state index contributed by atoms with van der Waals surface area (Å²) in [4.78, 5) is 11.3. The second-order valence-corrected chi connectivity index (χ2v) is 6.81. The molecule has 0 heterocycles. The Morgan fingerprint density at radius 1 is 1.47 bits per heavy atom. The van der Waals surface area contributed by atoms with Gasteiger partial charge in [0.05, 0.1) is 4.90 Å². The zero-order chi connectivity index (χ0) is 14.6. The molecule has 0 spiro atoms. The van der Waals surface area contributed by atoms with E-state index < -0.39 is 10.0 Å². The van der Waals surface area contributed by atoms with Crippen LogP contribution in [0.25, 0.3) is 0 Å². The first-order valence-electron chi connectivity index (χ1n) is 5.51. The number of benzene rings is 1. The van der Waals surface area contributed by atoms with Gasteiger partial charge in [0.1, 0.15) is 0 Å². The van der Waals surface area contributed by atoms with Crippen molar-refractivity contribution < 1.29 is 13.2 Å². The third kappa shape index (κ3) is 3.92. The molecule has 0 fully saturated rings. The molecule has 0 aliphatic rings. The van der Waals surface area contributed by atoms with Gasteiger partial charge in [-0.05, 0) is 34.1 Å². The molecule has 0 radical (unpaired) electrons. The summed E-state index contributed by atoms with van der Waals surface area (Å²) in [7, 11) is -0.700. The van der Waals surface area contributed by atoms with Crippen LogP contribution in [0.4, 0.5) is 5.69 Å². The largest absolute Gasteiger partial charge is 0.399 e. The van der Waals surface area contributed by atoms with E-state index in [0.717, 1.165) is 4.31 Å². The van der Waals surface area contributed by atoms with Crippen LogP contribution in [-0.2, 0) is 14.8 Å². The monoisotopic (exact) mass is 349 g/mol. The van der Waals surface area contributed by atoms with Crippen molar-refractivity contribution in [2.75, 3.05) is 26.4 Å². The molecule has 3 N–H and O–H groups in total. The smallest absolute Gasteiger partial charge is 0.243 e. The minimum Gasteiger partial charge on any atom is -0.399 e. The van der Waals surface area contributed by atoms with Gasteiger partial charge in [-0.3, -0.25) is 4.79 Å². The highest BCUT2D eigenvalue weighted by Gasteiger charge is 2.23. The van der Waals surface area contributed by atoms with Crippen LogP contribution in [0.2, 0.25) is 0 Å². The van der Waals surface area contributed by atoms with Crippen LogP contribution in [0.15, 0.2) is 27.6 Å². The lowest BCUT2D eigenvalue weighted by atomic mass is 10.3. The highest BCUT2D eigenvalue weighted by atomic mass is 79.9. The van der Waals surface area contributed by atoms with Gasteiger partial charge in [-0.2, -0.15) is 0 Å². The predicted molar refractivity (Wildman–Crippen MR) is 77.1 cm³/mol. The van der Waals surface area contributed by atoms with Crippen LogP contribution in [0, 0.1) is 0 Å². The molecular formula is C11H16BrN3O3S. The maximum absolute atomic E-state index is 12.3. The predicted octanol–water partition coefficient (Wildman–Crippen LogP) is 0.788. The van der Waals surface area contributed by atoms with Gasteiger partial charge in [-0.1, -0.05) is 0 Å². The SMILES string of the molecule is CNC(=O)CCN(C)S(=O)(=O)c1ccc(N)cc1Br. The molecule has 0 atom stereocenters. The second-order valence-electron chi connectivity index (χ2n) is 3.94. The van der Waals surface area contributed by atoms with E-state index >= 15 is 0 Å². The average Bonchev–Trinajstić information content (AvgIpc) is 2.34. The van der Waals surface area contributed by atoms with E-state index in [2.05, 4.69) is 21.2 Å². The number of rotatable bonds is 5. The summed E-state index contributed by atoms with van der Waals surface area (Å²) in [5.74, 6) is -0.210. The molecule has 1 aromatic carbocycles. The van der Waals surface area contributed by atoms with Crippen molar-refractivity contribution in [3.05, 3.63) is 22.7 Å². The van der Waals surface area contributed by atoms with Crippen LogP contribution in [-0.4, -0.2) is 39.3 Å². The highest BCUT2D eigenvalue weighted by Crippen LogP contribution is 2.26. The number of nitrogens with one attached hydrogen (secondary N) is 1. The quantitative estimate of drug-likeness (QED) is 0.768. The van der Waals surface area contributed by atoms with Crippen LogP contribution in [0.1, 0.15) is 6.42 Å². The molecule has 0 saturated carbocycles. The van der Waals surface area contributed by atoms with E-state index in [1.807, 2.05) is 0 Å². The Hall–Kier alpha value is -1.12. The number of halogens is 1. The summed E-state index contributed by atoms with van der Waals surface area (Å²) in [5.41, 5.74) is 6.04. The van der Waals surface area contributed by atoms with E-state index in [0.29, 0.717) is 10.2 Å². The third-order valence-corrected chi connectivity index (χ3v) is 5.41. The summed E-state index contributed by atoms with van der Waals surface area (Å²) < 4.78 is 26.1. The summed E-state index contributed by atoms with van der Waals surface area (Å²) in [5, 5.41) is 2.44. The fraction of sp³-hybridized carbons (Fsp3) is 0.364. The van der Waals surface area contributed by atoms with Gasteiger partial charge in [-0.15, -0.1) is 0 Å². The van der Waals surface area contributed by atoms with Crippen LogP contribution < -0.4 is 11.1 Å². The summed E-state index contributed by atoms with van der Waals surface area (Å²) in [6.07, 6.45) is 0.110. The number of hydrogen-bond acceptors (Lipinski definition) is 4. The molecule has 1 aromatic rings. The van der Waals surface area contributed by atoms with Gasteiger partial charge in [0.25, 0.3) is 0 Å². The number of anilines is 1. The van der Waals surface area contributed by atoms with Gasteiger partial charge in [0.2, 0.25) is 15.9 Å². The molecule has 0 aliphatic heterocycles. The number of hydrogen-bond donors (Lipinski definition) is 2. The fourth-order valence-corrected chi connectivity index (χ4v) is 3.62. The molecule has 19 heavy (non-hydrogen) atoms. The Morgan fingerprint density at radius 3 is 2.63 bits per heavy atom. The first kappa shape index (κ1) is 15.9. The van der Waals surface area contributed by atoms with E-state index in [-0.39, 0.29) is 23.8 Å².